The number of amides is 3. The largest absolute Gasteiger partial charge is 0.459 e. The lowest BCUT2D eigenvalue weighted by molar-refractivity contribution is -0.138. The summed E-state index contributed by atoms with van der Waals surface area (Å²) in [5.74, 6) is 0.246. The van der Waals surface area contributed by atoms with Crippen LogP contribution in [-0.4, -0.2) is 58.2 Å². The Morgan fingerprint density at radius 3 is 2.57 bits per heavy atom. The van der Waals surface area contributed by atoms with E-state index in [1.807, 2.05) is 6.07 Å². The van der Waals surface area contributed by atoms with Crippen LogP contribution in [0.4, 0.5) is 5.82 Å². The summed E-state index contributed by atoms with van der Waals surface area (Å²) in [7, 11) is 0. The first kappa shape index (κ1) is 20.6. The molecule has 3 amide bonds. The standard InChI is InChI=1S/C21H23BrN4O4/c22-15-5-6-18(23-13-15)24-19(27)14-7-10-25(11-8-14)20(28)16-3-1-9-26(16)21(29)17-4-2-12-30-17/h2,4-6,12-14,16H,1,3,7-11H2,(H,23,24,27). The van der Waals surface area contributed by atoms with Gasteiger partial charge in [-0.25, -0.2) is 4.98 Å². The van der Waals surface area contributed by atoms with Crippen molar-refractivity contribution in [1.82, 2.24) is 14.8 Å². The minimum Gasteiger partial charge on any atom is -0.459 e. The number of nitrogens with zero attached hydrogens (tertiary/aromatic N) is 3. The highest BCUT2D eigenvalue weighted by Gasteiger charge is 2.39. The lowest BCUT2D eigenvalue weighted by atomic mass is 9.95. The fraction of sp³-hybridized carbons (Fsp3) is 0.429. The topological polar surface area (TPSA) is 95.8 Å². The summed E-state index contributed by atoms with van der Waals surface area (Å²) in [6, 6.07) is 6.39. The van der Waals surface area contributed by atoms with Crippen LogP contribution < -0.4 is 5.32 Å². The van der Waals surface area contributed by atoms with Gasteiger partial charge in [-0.2, -0.15) is 0 Å². The van der Waals surface area contributed by atoms with E-state index in [4.69, 9.17) is 4.42 Å². The molecule has 0 spiro atoms. The van der Waals surface area contributed by atoms with Crippen molar-refractivity contribution in [3.8, 4) is 0 Å². The molecule has 2 aliphatic heterocycles. The molecule has 0 radical (unpaired) electrons. The van der Waals surface area contributed by atoms with Gasteiger partial charge >= 0.3 is 0 Å². The van der Waals surface area contributed by atoms with Crippen LogP contribution >= 0.6 is 15.9 Å². The monoisotopic (exact) mass is 474 g/mol. The molecule has 0 aliphatic carbocycles. The molecule has 9 heteroatoms. The summed E-state index contributed by atoms with van der Waals surface area (Å²) in [5.41, 5.74) is 0. The van der Waals surface area contributed by atoms with Gasteiger partial charge in [0.2, 0.25) is 11.8 Å². The molecule has 2 fully saturated rings. The van der Waals surface area contributed by atoms with Gasteiger partial charge in [-0.15, -0.1) is 0 Å². The SMILES string of the molecule is O=C(Nc1ccc(Br)cn1)C1CCN(C(=O)C2CCCN2C(=O)c2ccco2)CC1. The van der Waals surface area contributed by atoms with E-state index in [0.717, 1.165) is 10.9 Å². The number of anilines is 1. The minimum absolute atomic E-state index is 0.0409. The Morgan fingerprint density at radius 2 is 1.90 bits per heavy atom. The number of likely N-dealkylation sites (tertiary alicyclic amines) is 2. The van der Waals surface area contributed by atoms with Gasteiger partial charge in [0.25, 0.3) is 5.91 Å². The van der Waals surface area contributed by atoms with Crippen LogP contribution in [0, 0.1) is 5.92 Å². The summed E-state index contributed by atoms with van der Waals surface area (Å²) >= 11 is 3.32. The third-order valence-corrected chi connectivity index (χ3v) is 6.16. The molecular weight excluding hydrogens is 452 g/mol. The van der Waals surface area contributed by atoms with Crippen LogP contribution in [0.5, 0.6) is 0 Å². The Labute approximate surface area is 182 Å². The number of piperidine rings is 1. The summed E-state index contributed by atoms with van der Waals surface area (Å²) < 4.78 is 6.05. The fourth-order valence-corrected chi connectivity index (χ4v) is 4.29. The highest BCUT2D eigenvalue weighted by molar-refractivity contribution is 9.10. The zero-order chi connectivity index (χ0) is 21.1. The van der Waals surface area contributed by atoms with Crippen molar-refractivity contribution in [3.63, 3.8) is 0 Å². The van der Waals surface area contributed by atoms with Gasteiger partial charge in [0.1, 0.15) is 11.9 Å². The average molecular weight is 475 g/mol. The van der Waals surface area contributed by atoms with Crippen molar-refractivity contribution >= 4 is 39.5 Å². The van der Waals surface area contributed by atoms with Crippen LogP contribution in [0.15, 0.2) is 45.6 Å². The van der Waals surface area contributed by atoms with Gasteiger partial charge in [-0.1, -0.05) is 0 Å². The summed E-state index contributed by atoms with van der Waals surface area (Å²) in [6.45, 7) is 1.56. The van der Waals surface area contributed by atoms with E-state index in [-0.39, 0.29) is 29.4 Å². The van der Waals surface area contributed by atoms with E-state index >= 15 is 0 Å². The van der Waals surface area contributed by atoms with Gasteiger partial charge in [0, 0.05) is 36.2 Å². The quantitative estimate of drug-likeness (QED) is 0.734. The molecule has 1 N–H and O–H groups in total. The molecule has 2 aliphatic rings. The highest BCUT2D eigenvalue weighted by Crippen LogP contribution is 2.25. The molecule has 1 unspecified atom stereocenters. The number of nitrogens with one attached hydrogen (secondary N) is 1. The number of carbonyl (C=O) groups excluding carboxylic acids is 3. The van der Waals surface area contributed by atoms with Gasteiger partial charge in [0.15, 0.2) is 5.76 Å². The third kappa shape index (κ3) is 4.40. The number of hydrogen-bond acceptors (Lipinski definition) is 5. The van der Waals surface area contributed by atoms with Crippen molar-refractivity contribution < 1.29 is 18.8 Å². The van der Waals surface area contributed by atoms with Gasteiger partial charge in [-0.05, 0) is 65.9 Å². The highest BCUT2D eigenvalue weighted by atomic mass is 79.9. The Morgan fingerprint density at radius 1 is 1.10 bits per heavy atom. The second-order valence-electron chi connectivity index (χ2n) is 7.58. The van der Waals surface area contributed by atoms with Crippen LogP contribution in [0.25, 0.3) is 0 Å². The van der Waals surface area contributed by atoms with E-state index in [1.54, 1.807) is 34.2 Å². The Hall–Kier alpha value is -2.68. The second-order valence-corrected chi connectivity index (χ2v) is 8.50. The molecule has 2 aromatic heterocycles. The van der Waals surface area contributed by atoms with E-state index < -0.39 is 6.04 Å². The number of halogens is 1. The Balaban J connectivity index is 1.32. The first-order valence-corrected chi connectivity index (χ1v) is 10.9. The normalized spacial score (nSPS) is 19.7. The average Bonchev–Trinajstić information content (AvgIpc) is 3.47. The summed E-state index contributed by atoms with van der Waals surface area (Å²) in [4.78, 5) is 45.8. The molecular formula is C21H23BrN4O4. The molecule has 158 valence electrons. The van der Waals surface area contributed by atoms with Crippen molar-refractivity contribution in [1.29, 1.82) is 0 Å². The lowest BCUT2D eigenvalue weighted by Crippen LogP contribution is -2.50. The van der Waals surface area contributed by atoms with E-state index in [2.05, 4.69) is 26.2 Å². The molecule has 0 bridgehead atoms. The number of furan rings is 1. The van der Waals surface area contributed by atoms with Crippen molar-refractivity contribution in [2.45, 2.75) is 31.7 Å². The number of carbonyl (C=O) groups is 3. The van der Waals surface area contributed by atoms with Crippen molar-refractivity contribution in [3.05, 3.63) is 47.0 Å². The zero-order valence-electron chi connectivity index (χ0n) is 16.4. The third-order valence-electron chi connectivity index (χ3n) is 5.69. The minimum atomic E-state index is -0.458. The summed E-state index contributed by atoms with van der Waals surface area (Å²) in [6.07, 6.45) is 5.72. The van der Waals surface area contributed by atoms with E-state index in [1.165, 1.54) is 6.26 Å². The van der Waals surface area contributed by atoms with Crippen LogP contribution in [0.1, 0.15) is 36.2 Å². The van der Waals surface area contributed by atoms with Gasteiger partial charge in [0.05, 0.1) is 6.26 Å². The van der Waals surface area contributed by atoms with E-state index in [9.17, 15) is 14.4 Å². The fourth-order valence-electron chi connectivity index (χ4n) is 4.06. The molecule has 2 saturated heterocycles. The second kappa shape index (κ2) is 8.99. The van der Waals surface area contributed by atoms with Crippen LogP contribution in [0.2, 0.25) is 0 Å². The molecule has 8 nitrogen and oxygen atoms in total. The van der Waals surface area contributed by atoms with Gasteiger partial charge < -0.3 is 19.5 Å². The van der Waals surface area contributed by atoms with Gasteiger partial charge in [-0.3, -0.25) is 14.4 Å². The molecule has 0 saturated carbocycles. The molecule has 1 atom stereocenters. The van der Waals surface area contributed by atoms with Crippen LogP contribution in [0.3, 0.4) is 0 Å². The van der Waals surface area contributed by atoms with Crippen molar-refractivity contribution in [2.75, 3.05) is 25.0 Å². The zero-order valence-corrected chi connectivity index (χ0v) is 18.0. The molecule has 0 aromatic carbocycles. The summed E-state index contributed by atoms with van der Waals surface area (Å²) in [5, 5.41) is 2.84. The number of pyridine rings is 1. The molecule has 4 heterocycles. The number of rotatable bonds is 4. The first-order valence-electron chi connectivity index (χ1n) is 10.1. The molecule has 30 heavy (non-hydrogen) atoms. The predicted molar refractivity (Wildman–Crippen MR) is 113 cm³/mol. The number of hydrogen-bond donors (Lipinski definition) is 1. The van der Waals surface area contributed by atoms with Crippen molar-refractivity contribution in [2.24, 2.45) is 5.92 Å². The Bertz CT molecular complexity index is 908. The maximum absolute atomic E-state index is 13.1. The number of aromatic nitrogens is 1. The maximum Gasteiger partial charge on any atom is 0.290 e. The van der Waals surface area contributed by atoms with Crippen LogP contribution in [-0.2, 0) is 9.59 Å². The van der Waals surface area contributed by atoms with E-state index in [0.29, 0.717) is 44.7 Å². The molecule has 4 rings (SSSR count). The Kier molecular flexibility index (Phi) is 6.17. The maximum atomic E-state index is 13.1. The first-order chi connectivity index (χ1) is 14.5. The lowest BCUT2D eigenvalue weighted by Gasteiger charge is -2.34. The smallest absolute Gasteiger partial charge is 0.290 e. The predicted octanol–water partition coefficient (Wildman–Crippen LogP) is 2.92. The molecule has 2 aromatic rings.